The molecule has 30 heavy (non-hydrogen) atoms. The first kappa shape index (κ1) is 19.2. The van der Waals surface area contributed by atoms with E-state index in [-0.39, 0.29) is 23.0 Å². The van der Waals surface area contributed by atoms with Crippen LogP contribution in [0.5, 0.6) is 0 Å². The summed E-state index contributed by atoms with van der Waals surface area (Å²) in [5, 5.41) is 10.0. The second-order valence-corrected chi connectivity index (χ2v) is 5.93. The molecular weight excluding hydrogens is 409 g/mol. The molecule has 0 unspecified atom stereocenters. The lowest BCUT2D eigenvalue weighted by molar-refractivity contribution is -0.137. The number of nitrogens with zero attached hydrogens (tertiary/aromatic N) is 5. The molecule has 13 heteroatoms. The third-order valence-electron chi connectivity index (χ3n) is 3.90. The zero-order valence-corrected chi connectivity index (χ0v) is 14.8. The average molecular weight is 420 g/mol. The zero-order chi connectivity index (χ0) is 21.3. The standard InChI is InChI=1S/C17H11F3N6O4/c18-17(19,20)10-3-4-12(26-9-21-8-22-26)11(6-10)23-14(27)7-25-16(28)30-15(24-25)13-2-1-5-29-13/h1-6,8-9H,7H2,(H,23,27). The van der Waals surface area contributed by atoms with Crippen LogP contribution in [0.1, 0.15) is 5.56 Å². The molecule has 4 rings (SSSR count). The molecule has 1 N–H and O–H groups in total. The van der Waals surface area contributed by atoms with Crippen molar-refractivity contribution in [2.24, 2.45) is 0 Å². The van der Waals surface area contributed by atoms with Gasteiger partial charge >= 0.3 is 11.9 Å². The number of rotatable bonds is 5. The molecule has 0 atom stereocenters. The molecule has 0 fully saturated rings. The molecule has 0 aliphatic rings. The van der Waals surface area contributed by atoms with Crippen molar-refractivity contribution in [2.45, 2.75) is 12.7 Å². The van der Waals surface area contributed by atoms with Gasteiger partial charge in [0.2, 0.25) is 5.91 Å². The monoisotopic (exact) mass is 420 g/mol. The number of nitrogens with one attached hydrogen (secondary N) is 1. The van der Waals surface area contributed by atoms with Gasteiger partial charge in [-0.15, -0.1) is 5.10 Å². The summed E-state index contributed by atoms with van der Waals surface area (Å²) in [5.74, 6) is -1.70. The van der Waals surface area contributed by atoms with Crippen molar-refractivity contribution in [3.05, 3.63) is 65.4 Å². The summed E-state index contributed by atoms with van der Waals surface area (Å²) in [6, 6.07) is 5.81. The molecule has 0 aliphatic heterocycles. The number of anilines is 1. The van der Waals surface area contributed by atoms with E-state index in [1.807, 2.05) is 0 Å². The van der Waals surface area contributed by atoms with Crippen LogP contribution < -0.4 is 11.1 Å². The van der Waals surface area contributed by atoms with Crippen LogP contribution in [0, 0.1) is 0 Å². The SMILES string of the molecule is O=C(Cn1nc(-c2ccco2)oc1=O)Nc1cc(C(F)(F)F)ccc1-n1cncn1. The molecule has 4 aromatic rings. The molecule has 154 valence electrons. The van der Waals surface area contributed by atoms with Crippen molar-refractivity contribution in [2.75, 3.05) is 5.32 Å². The number of hydrogen-bond acceptors (Lipinski definition) is 7. The second-order valence-electron chi connectivity index (χ2n) is 5.93. The third kappa shape index (κ3) is 3.85. The number of benzene rings is 1. The van der Waals surface area contributed by atoms with Crippen LogP contribution in [0.4, 0.5) is 18.9 Å². The molecule has 3 aromatic heterocycles. The van der Waals surface area contributed by atoms with Crippen molar-refractivity contribution >= 4 is 11.6 Å². The highest BCUT2D eigenvalue weighted by Crippen LogP contribution is 2.33. The topological polar surface area (TPSA) is 121 Å². The van der Waals surface area contributed by atoms with Crippen LogP contribution in [-0.2, 0) is 17.5 Å². The lowest BCUT2D eigenvalue weighted by atomic mass is 10.1. The fourth-order valence-corrected chi connectivity index (χ4v) is 2.58. The van der Waals surface area contributed by atoms with Gasteiger partial charge in [-0.2, -0.15) is 23.0 Å². The van der Waals surface area contributed by atoms with Crippen LogP contribution >= 0.6 is 0 Å². The maximum Gasteiger partial charge on any atom is 0.437 e. The van der Waals surface area contributed by atoms with E-state index in [0.29, 0.717) is 0 Å². The van der Waals surface area contributed by atoms with E-state index in [0.717, 1.165) is 22.9 Å². The number of hydrogen-bond donors (Lipinski definition) is 1. The Morgan fingerprint density at radius 2 is 2.07 bits per heavy atom. The average Bonchev–Trinajstić information content (AvgIpc) is 3.43. The number of carbonyl (C=O) groups is 1. The molecule has 3 heterocycles. The Morgan fingerprint density at radius 1 is 1.23 bits per heavy atom. The summed E-state index contributed by atoms with van der Waals surface area (Å²) in [4.78, 5) is 28.1. The summed E-state index contributed by atoms with van der Waals surface area (Å²) in [7, 11) is 0. The fraction of sp³-hybridized carbons (Fsp3) is 0.118. The predicted octanol–water partition coefficient (Wildman–Crippen LogP) is 2.33. The van der Waals surface area contributed by atoms with Gasteiger partial charge in [0.05, 0.1) is 23.2 Å². The zero-order valence-electron chi connectivity index (χ0n) is 14.8. The van der Waals surface area contributed by atoms with Gasteiger partial charge in [-0.25, -0.2) is 14.5 Å². The summed E-state index contributed by atoms with van der Waals surface area (Å²) in [6.45, 7) is -0.601. The summed E-state index contributed by atoms with van der Waals surface area (Å²) < 4.78 is 51.2. The lowest BCUT2D eigenvalue weighted by Gasteiger charge is -2.14. The Morgan fingerprint density at radius 3 is 2.73 bits per heavy atom. The maximum absolute atomic E-state index is 13.1. The molecule has 0 radical (unpaired) electrons. The number of halogens is 3. The number of carbonyl (C=O) groups excluding carboxylic acids is 1. The molecule has 0 saturated carbocycles. The minimum absolute atomic E-state index is 0.139. The number of amides is 1. The Hall–Kier alpha value is -4.16. The summed E-state index contributed by atoms with van der Waals surface area (Å²) >= 11 is 0. The first-order chi connectivity index (χ1) is 14.3. The lowest BCUT2D eigenvalue weighted by Crippen LogP contribution is -2.26. The van der Waals surface area contributed by atoms with Gasteiger partial charge in [0.1, 0.15) is 19.2 Å². The first-order valence-corrected chi connectivity index (χ1v) is 8.29. The van der Waals surface area contributed by atoms with Crippen LogP contribution in [-0.4, -0.2) is 30.5 Å². The molecule has 10 nitrogen and oxygen atoms in total. The Kier molecular flexibility index (Phi) is 4.69. The van der Waals surface area contributed by atoms with Crippen LogP contribution in [0.25, 0.3) is 17.3 Å². The molecule has 0 saturated heterocycles. The van der Waals surface area contributed by atoms with Crippen LogP contribution in [0.3, 0.4) is 0 Å². The predicted molar refractivity (Wildman–Crippen MR) is 93.5 cm³/mol. The van der Waals surface area contributed by atoms with Gasteiger partial charge in [-0.3, -0.25) is 4.79 Å². The van der Waals surface area contributed by atoms with Crippen molar-refractivity contribution in [1.82, 2.24) is 24.5 Å². The van der Waals surface area contributed by atoms with Gasteiger partial charge in [-0.05, 0) is 30.3 Å². The minimum Gasteiger partial charge on any atom is -0.459 e. The van der Waals surface area contributed by atoms with E-state index in [4.69, 9.17) is 8.83 Å². The number of aromatic nitrogens is 5. The van der Waals surface area contributed by atoms with E-state index >= 15 is 0 Å². The summed E-state index contributed by atoms with van der Waals surface area (Å²) in [6.07, 6.45) is -0.827. The first-order valence-electron chi connectivity index (χ1n) is 8.29. The van der Waals surface area contributed by atoms with Crippen molar-refractivity contribution in [3.63, 3.8) is 0 Å². The smallest absolute Gasteiger partial charge is 0.437 e. The van der Waals surface area contributed by atoms with E-state index in [1.54, 1.807) is 6.07 Å². The quantitative estimate of drug-likeness (QED) is 0.526. The number of furan rings is 1. The highest BCUT2D eigenvalue weighted by Gasteiger charge is 2.31. The van der Waals surface area contributed by atoms with Gasteiger partial charge in [0, 0.05) is 0 Å². The second kappa shape index (κ2) is 7.35. The Bertz CT molecular complexity index is 1230. The van der Waals surface area contributed by atoms with Gasteiger partial charge in [0.15, 0.2) is 5.76 Å². The largest absolute Gasteiger partial charge is 0.459 e. The molecule has 0 bridgehead atoms. The normalized spacial score (nSPS) is 11.6. The highest BCUT2D eigenvalue weighted by molar-refractivity contribution is 5.92. The molecule has 0 spiro atoms. The minimum atomic E-state index is -4.62. The summed E-state index contributed by atoms with van der Waals surface area (Å²) in [5.41, 5.74) is -0.999. The Balaban J connectivity index is 1.60. The van der Waals surface area contributed by atoms with Crippen molar-refractivity contribution in [3.8, 4) is 17.3 Å². The van der Waals surface area contributed by atoms with Gasteiger partial charge < -0.3 is 14.2 Å². The maximum atomic E-state index is 13.1. The van der Waals surface area contributed by atoms with Crippen molar-refractivity contribution < 1.29 is 26.8 Å². The van der Waals surface area contributed by atoms with Crippen LogP contribution in [0.15, 0.2) is 62.9 Å². The molecule has 1 aromatic carbocycles. The molecule has 1 amide bonds. The number of alkyl halides is 3. The van der Waals surface area contributed by atoms with Gasteiger partial charge in [-0.1, -0.05) is 0 Å². The highest BCUT2D eigenvalue weighted by atomic mass is 19.4. The molecular formula is C17H11F3N6O4. The van der Waals surface area contributed by atoms with Crippen LogP contribution in [0.2, 0.25) is 0 Å². The van der Waals surface area contributed by atoms with Gasteiger partial charge in [0.25, 0.3) is 5.89 Å². The third-order valence-corrected chi connectivity index (χ3v) is 3.90. The van der Waals surface area contributed by atoms with E-state index < -0.39 is 29.9 Å². The fourth-order valence-electron chi connectivity index (χ4n) is 2.58. The Labute approximate surface area is 164 Å². The molecule has 0 aliphatic carbocycles. The van der Waals surface area contributed by atoms with E-state index in [9.17, 15) is 22.8 Å². The van der Waals surface area contributed by atoms with Crippen molar-refractivity contribution in [1.29, 1.82) is 0 Å². The van der Waals surface area contributed by atoms with E-state index in [2.05, 4.69) is 20.5 Å². The van der Waals surface area contributed by atoms with E-state index in [1.165, 1.54) is 29.7 Å².